The number of hydrogen-bond acceptors (Lipinski definition) is 7. The molecule has 3 aliphatic rings. The lowest BCUT2D eigenvalue weighted by Gasteiger charge is -2.26. The molecule has 0 fully saturated rings. The van der Waals surface area contributed by atoms with Crippen LogP contribution < -0.4 is 4.74 Å². The Morgan fingerprint density at radius 2 is 1.82 bits per heavy atom. The minimum atomic E-state index is -0.780. The van der Waals surface area contributed by atoms with E-state index in [2.05, 4.69) is 4.90 Å². The van der Waals surface area contributed by atoms with Gasteiger partial charge in [0.2, 0.25) is 17.6 Å². The smallest absolute Gasteiger partial charge is 0.508 e. The molecular formula is C29H32N3O6+. The minimum Gasteiger partial charge on any atom is -0.508 e. The van der Waals surface area contributed by atoms with Gasteiger partial charge in [0.15, 0.2) is 0 Å². The highest BCUT2D eigenvalue weighted by Gasteiger charge is 2.49. The number of likely N-dealkylation sites (N-methyl/N-ethyl adjacent to an activating group) is 1. The van der Waals surface area contributed by atoms with Crippen LogP contribution in [-0.4, -0.2) is 81.0 Å². The molecule has 2 aromatic carbocycles. The van der Waals surface area contributed by atoms with Crippen LogP contribution in [-0.2, 0) is 4.74 Å². The normalized spacial score (nSPS) is 18.2. The summed E-state index contributed by atoms with van der Waals surface area (Å²) in [5, 5.41) is 11.2. The first-order chi connectivity index (χ1) is 18.1. The van der Waals surface area contributed by atoms with E-state index in [1.54, 1.807) is 51.1 Å². The van der Waals surface area contributed by atoms with Gasteiger partial charge in [0.25, 0.3) is 17.5 Å². The van der Waals surface area contributed by atoms with E-state index in [9.17, 15) is 19.5 Å². The second kappa shape index (κ2) is 9.40. The average molecular weight is 519 g/mol. The van der Waals surface area contributed by atoms with Crippen molar-refractivity contribution in [3.63, 3.8) is 0 Å². The van der Waals surface area contributed by atoms with Gasteiger partial charge >= 0.3 is 6.09 Å². The molecule has 0 saturated carbocycles. The first kappa shape index (κ1) is 25.7. The Bertz CT molecular complexity index is 1460. The molecular weight excluding hydrogens is 486 g/mol. The first-order valence-electron chi connectivity index (χ1n) is 12.9. The molecule has 2 heterocycles. The van der Waals surface area contributed by atoms with Gasteiger partial charge < -0.3 is 19.5 Å². The van der Waals surface area contributed by atoms with Crippen molar-refractivity contribution in [2.24, 2.45) is 0 Å². The molecule has 2 aliphatic heterocycles. The van der Waals surface area contributed by atoms with Gasteiger partial charge in [-0.1, -0.05) is 30.6 Å². The summed E-state index contributed by atoms with van der Waals surface area (Å²) in [5.41, 5.74) is 0.322. The SMILES string of the molecule is CCN(CC)CCN1C(=O)c2c3c(c4ccc(O)cc4c2C1=O)[N+](C(=O)OC(C)(C)C)=C1C=CC=CC1O3. The monoisotopic (exact) mass is 518 g/mol. The fourth-order valence-corrected chi connectivity index (χ4v) is 5.12. The first-order valence-corrected chi connectivity index (χ1v) is 12.9. The molecule has 1 N–H and O–H groups in total. The lowest BCUT2D eigenvalue weighted by molar-refractivity contribution is -0.369. The molecule has 5 rings (SSSR count). The summed E-state index contributed by atoms with van der Waals surface area (Å²) < 4.78 is 13.6. The molecule has 2 aromatic rings. The molecule has 1 unspecified atom stereocenters. The summed E-state index contributed by atoms with van der Waals surface area (Å²) in [5.74, 6) is -0.840. The molecule has 0 saturated heterocycles. The number of fused-ring (bicyclic) bond motifs is 7. The number of amides is 3. The molecule has 0 bridgehead atoms. The minimum absolute atomic E-state index is 0.0620. The Morgan fingerprint density at radius 3 is 2.50 bits per heavy atom. The molecule has 3 amide bonds. The Labute approximate surface area is 221 Å². The van der Waals surface area contributed by atoms with Crippen molar-refractivity contribution in [3.05, 3.63) is 53.6 Å². The molecule has 9 heteroatoms. The zero-order chi connectivity index (χ0) is 27.4. The lowest BCUT2D eigenvalue weighted by atomic mass is 9.94. The number of phenolic OH excluding ortho intramolecular Hbond substituents is 1. The van der Waals surface area contributed by atoms with Gasteiger partial charge in [-0.25, -0.2) is 0 Å². The summed E-state index contributed by atoms with van der Waals surface area (Å²) >= 11 is 0. The number of aromatic hydroxyl groups is 1. The van der Waals surface area contributed by atoms with Gasteiger partial charge in [0.1, 0.15) is 16.9 Å². The number of allylic oxidation sites excluding steroid dienone is 2. The Kier molecular flexibility index (Phi) is 6.35. The van der Waals surface area contributed by atoms with E-state index in [0.717, 1.165) is 13.1 Å². The van der Waals surface area contributed by atoms with Crippen LogP contribution in [0.5, 0.6) is 11.5 Å². The molecule has 0 spiro atoms. The number of ether oxygens (including phenoxy) is 2. The number of rotatable bonds is 5. The highest BCUT2D eigenvalue weighted by molar-refractivity contribution is 6.29. The quantitative estimate of drug-likeness (QED) is 0.463. The van der Waals surface area contributed by atoms with Crippen LogP contribution in [0.1, 0.15) is 55.3 Å². The third-order valence-corrected chi connectivity index (χ3v) is 6.93. The van der Waals surface area contributed by atoms with E-state index in [4.69, 9.17) is 9.47 Å². The predicted octanol–water partition coefficient (Wildman–Crippen LogP) is 4.39. The number of nitrogens with zero attached hydrogens (tertiary/aromatic N) is 3. The summed E-state index contributed by atoms with van der Waals surface area (Å²) in [6.07, 6.45) is 5.85. The number of phenols is 1. The van der Waals surface area contributed by atoms with Crippen molar-refractivity contribution in [2.45, 2.75) is 46.3 Å². The lowest BCUT2D eigenvalue weighted by Crippen LogP contribution is -2.41. The van der Waals surface area contributed by atoms with Crippen molar-refractivity contribution in [1.82, 2.24) is 9.80 Å². The van der Waals surface area contributed by atoms with Gasteiger partial charge in [-0.2, -0.15) is 4.79 Å². The van der Waals surface area contributed by atoms with Crippen LogP contribution in [0.2, 0.25) is 0 Å². The number of hydrogen-bond donors (Lipinski definition) is 1. The van der Waals surface area contributed by atoms with Crippen LogP contribution in [0.25, 0.3) is 10.8 Å². The highest BCUT2D eigenvalue weighted by Crippen LogP contribution is 2.48. The van der Waals surface area contributed by atoms with E-state index in [0.29, 0.717) is 28.7 Å². The van der Waals surface area contributed by atoms with Gasteiger partial charge in [0, 0.05) is 24.6 Å². The summed E-state index contributed by atoms with van der Waals surface area (Å²) in [6, 6.07) is 4.56. The molecule has 38 heavy (non-hydrogen) atoms. The maximum atomic E-state index is 13.8. The number of imide groups is 1. The van der Waals surface area contributed by atoms with Gasteiger partial charge in [-0.3, -0.25) is 14.5 Å². The van der Waals surface area contributed by atoms with Crippen molar-refractivity contribution in [3.8, 4) is 11.5 Å². The zero-order valence-electron chi connectivity index (χ0n) is 22.3. The largest absolute Gasteiger partial charge is 0.603 e. The van der Waals surface area contributed by atoms with Crippen LogP contribution in [0.15, 0.2) is 42.5 Å². The van der Waals surface area contributed by atoms with Crippen LogP contribution >= 0.6 is 0 Å². The molecule has 1 aliphatic carbocycles. The average Bonchev–Trinajstić information content (AvgIpc) is 3.12. The van der Waals surface area contributed by atoms with Crippen LogP contribution in [0, 0.1) is 0 Å². The maximum Gasteiger partial charge on any atom is 0.603 e. The van der Waals surface area contributed by atoms with Crippen LogP contribution in [0.4, 0.5) is 10.5 Å². The zero-order valence-corrected chi connectivity index (χ0v) is 22.3. The Morgan fingerprint density at radius 1 is 1.11 bits per heavy atom. The predicted molar refractivity (Wildman–Crippen MR) is 143 cm³/mol. The maximum absolute atomic E-state index is 13.8. The van der Waals surface area contributed by atoms with Gasteiger partial charge in [0.05, 0.1) is 10.9 Å². The Balaban J connectivity index is 1.76. The topological polar surface area (TPSA) is 99.4 Å². The van der Waals surface area contributed by atoms with Crippen molar-refractivity contribution in [2.75, 3.05) is 26.2 Å². The number of carbonyl (C=O) groups is 3. The number of carbonyl (C=O) groups excluding carboxylic acids is 3. The summed E-state index contributed by atoms with van der Waals surface area (Å²) in [6.45, 7) is 11.7. The molecule has 0 aromatic heterocycles. The van der Waals surface area contributed by atoms with Crippen molar-refractivity contribution in [1.29, 1.82) is 0 Å². The highest BCUT2D eigenvalue weighted by atomic mass is 16.6. The fraction of sp³-hybridized carbons (Fsp3) is 0.379. The fourth-order valence-electron chi connectivity index (χ4n) is 5.12. The second-order valence-corrected chi connectivity index (χ2v) is 10.5. The summed E-state index contributed by atoms with van der Waals surface area (Å²) in [7, 11) is 0. The van der Waals surface area contributed by atoms with Crippen LogP contribution in [0.3, 0.4) is 0 Å². The second-order valence-electron chi connectivity index (χ2n) is 10.5. The van der Waals surface area contributed by atoms with E-state index < -0.39 is 29.6 Å². The van der Waals surface area contributed by atoms with E-state index >= 15 is 0 Å². The van der Waals surface area contributed by atoms with Gasteiger partial charge in [-0.15, -0.1) is 0 Å². The van der Waals surface area contributed by atoms with E-state index in [1.807, 2.05) is 13.8 Å². The third-order valence-electron chi connectivity index (χ3n) is 6.93. The molecule has 198 valence electrons. The van der Waals surface area contributed by atoms with E-state index in [-0.39, 0.29) is 29.2 Å². The molecule has 0 radical (unpaired) electrons. The third kappa shape index (κ3) is 4.16. The molecule has 1 atom stereocenters. The molecule has 9 nitrogen and oxygen atoms in total. The van der Waals surface area contributed by atoms with Crippen molar-refractivity contribution < 1.29 is 33.5 Å². The van der Waals surface area contributed by atoms with E-state index in [1.165, 1.54) is 21.6 Å². The standard InChI is InChI=1S/C29H31N3O6/c1-6-30(7-2)14-15-31-26(34)22-19-16-17(33)12-13-18(19)24-25(23(22)27(31)35)37-21-11-9-8-10-20(21)32(24)28(36)38-29(3,4)5/h8-13,16,21H,6-7,14-15H2,1-5H3/p+1. The Hall–Kier alpha value is -3.98. The van der Waals surface area contributed by atoms with Gasteiger partial charge in [-0.05, 0) is 58.1 Å². The van der Waals surface area contributed by atoms with Crippen molar-refractivity contribution >= 4 is 40.1 Å². The number of benzene rings is 2. The summed E-state index contributed by atoms with van der Waals surface area (Å²) in [4.78, 5) is 44.5.